The van der Waals surface area contributed by atoms with Crippen LogP contribution in [0.1, 0.15) is 31.2 Å². The molecule has 1 aromatic heterocycles. The third-order valence-corrected chi connectivity index (χ3v) is 4.73. The summed E-state index contributed by atoms with van der Waals surface area (Å²) in [7, 11) is 0. The number of piperidine rings is 1. The van der Waals surface area contributed by atoms with E-state index in [0.29, 0.717) is 24.6 Å². The first-order valence-corrected chi connectivity index (χ1v) is 8.96. The van der Waals surface area contributed by atoms with Crippen LogP contribution in [-0.2, 0) is 11.3 Å². The standard InChI is InChI=1S/C20H25N3O2.ClH/c24-19(9-8-16-10-12-21-13-11-16)22-18-7-4-14-23(20(18)25)15-17-5-2-1-3-6-17;/h1-7,14,16,21H,8-13,15H2,(H,22,24);1H. The van der Waals surface area contributed by atoms with Gasteiger partial charge < -0.3 is 15.2 Å². The molecule has 1 amide bonds. The highest BCUT2D eigenvalue weighted by Gasteiger charge is 2.15. The van der Waals surface area contributed by atoms with Crippen molar-refractivity contribution in [2.75, 3.05) is 18.4 Å². The topological polar surface area (TPSA) is 63.1 Å². The molecule has 0 radical (unpaired) electrons. The third-order valence-electron chi connectivity index (χ3n) is 4.73. The van der Waals surface area contributed by atoms with Crippen LogP contribution in [0, 0.1) is 5.92 Å². The van der Waals surface area contributed by atoms with Crippen LogP contribution in [0.15, 0.2) is 53.5 Å². The first-order valence-electron chi connectivity index (χ1n) is 8.96. The molecule has 1 aliphatic heterocycles. The fourth-order valence-corrected chi connectivity index (χ4v) is 3.25. The predicted molar refractivity (Wildman–Crippen MR) is 107 cm³/mol. The second kappa shape index (κ2) is 10.1. The molecule has 2 aromatic rings. The minimum Gasteiger partial charge on any atom is -0.321 e. The van der Waals surface area contributed by atoms with E-state index in [1.807, 2.05) is 30.3 Å². The van der Waals surface area contributed by atoms with Gasteiger partial charge in [0.2, 0.25) is 5.91 Å². The Bertz CT molecular complexity index is 755. The highest BCUT2D eigenvalue weighted by molar-refractivity contribution is 5.90. The number of pyridine rings is 1. The molecule has 2 heterocycles. The first-order chi connectivity index (χ1) is 12.2. The minimum atomic E-state index is -0.165. The largest absolute Gasteiger partial charge is 0.321 e. The number of amides is 1. The average molecular weight is 376 g/mol. The molecule has 0 atom stereocenters. The number of anilines is 1. The zero-order valence-electron chi connectivity index (χ0n) is 14.8. The number of halogens is 1. The maximum Gasteiger partial charge on any atom is 0.274 e. The van der Waals surface area contributed by atoms with Gasteiger partial charge in [0.1, 0.15) is 5.69 Å². The maximum absolute atomic E-state index is 12.6. The molecule has 0 aliphatic carbocycles. The molecule has 1 aromatic carbocycles. The number of benzene rings is 1. The third kappa shape index (κ3) is 5.71. The maximum atomic E-state index is 12.6. The summed E-state index contributed by atoms with van der Waals surface area (Å²) in [5, 5.41) is 6.12. The second-order valence-corrected chi connectivity index (χ2v) is 6.62. The molecule has 1 aliphatic rings. The molecular weight excluding hydrogens is 350 g/mol. The molecule has 6 heteroatoms. The summed E-state index contributed by atoms with van der Waals surface area (Å²) in [6, 6.07) is 13.3. The van der Waals surface area contributed by atoms with Gasteiger partial charge in [-0.3, -0.25) is 9.59 Å². The van der Waals surface area contributed by atoms with Crippen LogP contribution < -0.4 is 16.2 Å². The van der Waals surface area contributed by atoms with Gasteiger partial charge in [-0.2, -0.15) is 0 Å². The van der Waals surface area contributed by atoms with E-state index in [2.05, 4.69) is 10.6 Å². The van der Waals surface area contributed by atoms with Crippen molar-refractivity contribution < 1.29 is 4.79 Å². The highest BCUT2D eigenvalue weighted by Crippen LogP contribution is 2.18. The molecule has 0 spiro atoms. The molecule has 1 fully saturated rings. The molecule has 0 bridgehead atoms. The minimum absolute atomic E-state index is 0. The summed E-state index contributed by atoms with van der Waals surface area (Å²) in [4.78, 5) is 24.8. The highest BCUT2D eigenvalue weighted by atomic mass is 35.5. The Hall–Kier alpha value is -2.11. The van der Waals surface area contributed by atoms with Crippen molar-refractivity contribution in [3.8, 4) is 0 Å². The molecule has 2 N–H and O–H groups in total. The monoisotopic (exact) mass is 375 g/mol. The van der Waals surface area contributed by atoms with Gasteiger partial charge in [-0.05, 0) is 56.0 Å². The lowest BCUT2D eigenvalue weighted by molar-refractivity contribution is -0.116. The molecule has 140 valence electrons. The lowest BCUT2D eigenvalue weighted by Crippen LogP contribution is -2.29. The fourth-order valence-electron chi connectivity index (χ4n) is 3.25. The van der Waals surface area contributed by atoms with Crippen molar-refractivity contribution in [3.05, 3.63) is 64.6 Å². The van der Waals surface area contributed by atoms with Crippen molar-refractivity contribution >= 4 is 24.0 Å². The van der Waals surface area contributed by atoms with Gasteiger partial charge in [-0.1, -0.05) is 30.3 Å². The first kappa shape index (κ1) is 20.2. The van der Waals surface area contributed by atoms with E-state index in [0.717, 1.165) is 37.9 Å². The molecule has 3 rings (SSSR count). The molecule has 1 saturated heterocycles. The SMILES string of the molecule is Cl.O=C(CCC1CCNCC1)Nc1cccn(Cc2ccccc2)c1=O. The second-order valence-electron chi connectivity index (χ2n) is 6.62. The molecule has 0 unspecified atom stereocenters. The number of carbonyl (C=O) groups is 1. The van der Waals surface area contributed by atoms with Crippen LogP contribution in [0.2, 0.25) is 0 Å². The van der Waals surface area contributed by atoms with E-state index in [1.165, 1.54) is 0 Å². The number of hydrogen-bond donors (Lipinski definition) is 2. The number of rotatable bonds is 6. The zero-order valence-corrected chi connectivity index (χ0v) is 15.6. The average Bonchev–Trinajstić information content (AvgIpc) is 2.65. The van der Waals surface area contributed by atoms with Crippen molar-refractivity contribution in [1.82, 2.24) is 9.88 Å². The van der Waals surface area contributed by atoms with Gasteiger partial charge >= 0.3 is 0 Å². The molecule has 5 nitrogen and oxygen atoms in total. The predicted octanol–water partition coefficient (Wildman–Crippen LogP) is 3.04. The lowest BCUT2D eigenvalue weighted by atomic mass is 9.93. The van der Waals surface area contributed by atoms with Crippen LogP contribution in [0.25, 0.3) is 0 Å². The number of aromatic nitrogens is 1. The van der Waals surface area contributed by atoms with E-state index in [1.54, 1.807) is 22.9 Å². The molecular formula is C20H26ClN3O2. The van der Waals surface area contributed by atoms with Crippen molar-refractivity contribution in [2.45, 2.75) is 32.2 Å². The molecule has 26 heavy (non-hydrogen) atoms. The Morgan fingerprint density at radius 2 is 1.85 bits per heavy atom. The van der Waals surface area contributed by atoms with Crippen molar-refractivity contribution in [2.24, 2.45) is 5.92 Å². The number of nitrogens with zero attached hydrogens (tertiary/aromatic N) is 1. The van der Waals surface area contributed by atoms with E-state index in [9.17, 15) is 9.59 Å². The van der Waals surface area contributed by atoms with Gasteiger partial charge in [0.15, 0.2) is 0 Å². The van der Waals surface area contributed by atoms with Crippen molar-refractivity contribution in [1.29, 1.82) is 0 Å². The van der Waals surface area contributed by atoms with Crippen LogP contribution in [-0.4, -0.2) is 23.6 Å². The van der Waals surface area contributed by atoms with Gasteiger partial charge in [-0.15, -0.1) is 12.4 Å². The summed E-state index contributed by atoms with van der Waals surface area (Å²) < 4.78 is 1.62. The summed E-state index contributed by atoms with van der Waals surface area (Å²) >= 11 is 0. The van der Waals surface area contributed by atoms with Crippen LogP contribution in [0.3, 0.4) is 0 Å². The Morgan fingerprint density at radius 1 is 1.12 bits per heavy atom. The normalized spacial score (nSPS) is 14.5. The van der Waals surface area contributed by atoms with Gasteiger partial charge in [0, 0.05) is 12.6 Å². The number of carbonyl (C=O) groups excluding carboxylic acids is 1. The number of hydrogen-bond acceptors (Lipinski definition) is 3. The Labute approximate surface area is 160 Å². The van der Waals surface area contributed by atoms with E-state index in [4.69, 9.17) is 0 Å². The van der Waals surface area contributed by atoms with Crippen LogP contribution in [0.4, 0.5) is 5.69 Å². The zero-order chi connectivity index (χ0) is 17.5. The van der Waals surface area contributed by atoms with E-state index in [-0.39, 0.29) is 23.9 Å². The number of nitrogens with one attached hydrogen (secondary N) is 2. The lowest BCUT2D eigenvalue weighted by Gasteiger charge is -2.22. The van der Waals surface area contributed by atoms with Crippen molar-refractivity contribution in [3.63, 3.8) is 0 Å². The van der Waals surface area contributed by atoms with Gasteiger partial charge in [0.25, 0.3) is 5.56 Å². The Balaban J connectivity index is 0.00000243. The quantitative estimate of drug-likeness (QED) is 0.815. The van der Waals surface area contributed by atoms with E-state index >= 15 is 0 Å². The van der Waals surface area contributed by atoms with Crippen LogP contribution in [0.5, 0.6) is 0 Å². The summed E-state index contributed by atoms with van der Waals surface area (Å²) in [5.74, 6) is 0.533. The van der Waals surface area contributed by atoms with E-state index < -0.39 is 0 Å². The summed E-state index contributed by atoms with van der Waals surface area (Å²) in [5.41, 5.74) is 1.24. The Morgan fingerprint density at radius 3 is 2.58 bits per heavy atom. The Kier molecular flexibility index (Phi) is 7.88. The fraction of sp³-hybridized carbons (Fsp3) is 0.400. The summed E-state index contributed by atoms with van der Waals surface area (Å²) in [6.45, 7) is 2.57. The summed E-state index contributed by atoms with van der Waals surface area (Å²) in [6.07, 6.45) is 5.36. The van der Waals surface area contributed by atoms with Crippen LogP contribution >= 0.6 is 12.4 Å². The van der Waals surface area contributed by atoms with Gasteiger partial charge in [-0.25, -0.2) is 0 Å². The smallest absolute Gasteiger partial charge is 0.274 e. The van der Waals surface area contributed by atoms with Gasteiger partial charge in [0.05, 0.1) is 6.54 Å². The molecule has 0 saturated carbocycles.